The van der Waals surface area contributed by atoms with E-state index >= 15 is 0 Å². The third-order valence-corrected chi connectivity index (χ3v) is 6.57. The molecule has 3 rings (SSSR count). The van der Waals surface area contributed by atoms with E-state index in [0.29, 0.717) is 38.4 Å². The number of benzene rings is 1. The Morgan fingerprint density at radius 1 is 1.30 bits per heavy atom. The molecule has 7 heteroatoms. The Morgan fingerprint density at radius 2 is 2.04 bits per heavy atom. The summed E-state index contributed by atoms with van der Waals surface area (Å²) < 4.78 is 11.2. The molecule has 0 aliphatic carbocycles. The van der Waals surface area contributed by atoms with Gasteiger partial charge in [-0.05, 0) is 51.3 Å². The van der Waals surface area contributed by atoms with Crippen LogP contribution in [0, 0.1) is 0 Å². The zero-order chi connectivity index (χ0) is 19.4. The van der Waals surface area contributed by atoms with Crippen molar-refractivity contribution < 1.29 is 19.1 Å². The van der Waals surface area contributed by atoms with Gasteiger partial charge in [-0.15, -0.1) is 11.8 Å². The summed E-state index contributed by atoms with van der Waals surface area (Å²) in [4.78, 5) is 26.4. The second-order valence-corrected chi connectivity index (χ2v) is 8.46. The number of amides is 2. The molecule has 1 N–H and O–H groups in total. The average molecular weight is 393 g/mol. The predicted molar refractivity (Wildman–Crippen MR) is 106 cm³/mol. The van der Waals surface area contributed by atoms with Crippen molar-refractivity contribution in [3.05, 3.63) is 23.8 Å². The standard InChI is InChI=1S/C20H28N2O4S/c1-4-25-16-7-6-14(12-17(16)26-5-2)9-11-21-19(24)15-13-27-20(3)10-8-18(23)22(15)20/h6-7,12,15H,4-5,8-11,13H2,1-3H3,(H,21,24). The van der Waals surface area contributed by atoms with Crippen LogP contribution in [-0.4, -0.2) is 53.1 Å². The van der Waals surface area contributed by atoms with Crippen LogP contribution < -0.4 is 14.8 Å². The third-order valence-electron chi connectivity index (χ3n) is 5.07. The van der Waals surface area contributed by atoms with Crippen molar-refractivity contribution in [2.24, 2.45) is 0 Å². The number of carbonyl (C=O) groups is 2. The SMILES string of the molecule is CCOc1ccc(CCNC(=O)C2CSC3(C)CCC(=O)N23)cc1OCC. The van der Waals surface area contributed by atoms with Crippen LogP contribution in [0.15, 0.2) is 18.2 Å². The Bertz CT molecular complexity index is 711. The van der Waals surface area contributed by atoms with Crippen LogP contribution in [0.1, 0.15) is 39.2 Å². The van der Waals surface area contributed by atoms with Crippen molar-refractivity contribution in [1.82, 2.24) is 10.2 Å². The summed E-state index contributed by atoms with van der Waals surface area (Å²) in [5.74, 6) is 2.18. The van der Waals surface area contributed by atoms with Gasteiger partial charge in [0.15, 0.2) is 11.5 Å². The smallest absolute Gasteiger partial charge is 0.243 e. The van der Waals surface area contributed by atoms with E-state index in [1.165, 1.54) is 0 Å². The zero-order valence-corrected chi connectivity index (χ0v) is 17.1. The fourth-order valence-electron chi connectivity index (χ4n) is 3.71. The number of rotatable bonds is 8. The van der Waals surface area contributed by atoms with Crippen LogP contribution in [0.3, 0.4) is 0 Å². The maximum absolute atomic E-state index is 12.6. The van der Waals surface area contributed by atoms with E-state index < -0.39 is 0 Å². The molecular formula is C20H28N2O4S. The van der Waals surface area contributed by atoms with Crippen molar-refractivity contribution in [3.8, 4) is 11.5 Å². The minimum absolute atomic E-state index is 0.0579. The lowest BCUT2D eigenvalue weighted by atomic mass is 10.1. The number of nitrogens with one attached hydrogen (secondary N) is 1. The Labute approximate surface area is 165 Å². The van der Waals surface area contributed by atoms with E-state index in [0.717, 1.165) is 23.5 Å². The highest BCUT2D eigenvalue weighted by atomic mass is 32.2. The number of fused-ring (bicyclic) bond motifs is 1. The lowest BCUT2D eigenvalue weighted by Crippen LogP contribution is -2.50. The van der Waals surface area contributed by atoms with Gasteiger partial charge >= 0.3 is 0 Å². The second-order valence-electron chi connectivity index (χ2n) is 6.95. The molecule has 2 amide bonds. The number of hydrogen-bond donors (Lipinski definition) is 1. The molecule has 2 aliphatic rings. The molecule has 2 unspecified atom stereocenters. The van der Waals surface area contributed by atoms with Gasteiger partial charge < -0.3 is 19.7 Å². The van der Waals surface area contributed by atoms with E-state index in [4.69, 9.17) is 9.47 Å². The predicted octanol–water partition coefficient (Wildman–Crippen LogP) is 2.60. The summed E-state index contributed by atoms with van der Waals surface area (Å²) in [6, 6.07) is 5.52. The van der Waals surface area contributed by atoms with Gasteiger partial charge in [0.1, 0.15) is 6.04 Å². The van der Waals surface area contributed by atoms with E-state index in [9.17, 15) is 9.59 Å². The van der Waals surface area contributed by atoms with Crippen LogP contribution in [0.2, 0.25) is 0 Å². The van der Waals surface area contributed by atoms with Crippen LogP contribution in [0.25, 0.3) is 0 Å². The number of ether oxygens (including phenoxy) is 2. The maximum Gasteiger partial charge on any atom is 0.243 e. The molecule has 2 heterocycles. The van der Waals surface area contributed by atoms with Gasteiger partial charge in [0.05, 0.1) is 18.1 Å². The van der Waals surface area contributed by atoms with E-state index in [1.807, 2.05) is 32.0 Å². The third kappa shape index (κ3) is 4.18. The van der Waals surface area contributed by atoms with Gasteiger partial charge in [-0.2, -0.15) is 0 Å². The molecule has 6 nitrogen and oxygen atoms in total. The highest BCUT2D eigenvalue weighted by molar-refractivity contribution is 8.01. The summed E-state index contributed by atoms with van der Waals surface area (Å²) in [6.45, 7) is 7.63. The quantitative estimate of drug-likeness (QED) is 0.737. The molecule has 27 heavy (non-hydrogen) atoms. The summed E-state index contributed by atoms with van der Waals surface area (Å²) >= 11 is 1.71. The first-order valence-electron chi connectivity index (χ1n) is 9.61. The fraction of sp³-hybridized carbons (Fsp3) is 0.600. The first-order valence-corrected chi connectivity index (χ1v) is 10.6. The Morgan fingerprint density at radius 3 is 2.78 bits per heavy atom. The van der Waals surface area contributed by atoms with Gasteiger partial charge in [-0.25, -0.2) is 0 Å². The fourth-order valence-corrected chi connectivity index (χ4v) is 5.15. The van der Waals surface area contributed by atoms with Gasteiger partial charge in [-0.1, -0.05) is 6.07 Å². The minimum atomic E-state index is -0.352. The zero-order valence-electron chi connectivity index (χ0n) is 16.2. The largest absolute Gasteiger partial charge is 0.490 e. The number of nitrogens with zero attached hydrogens (tertiary/aromatic N) is 1. The molecule has 1 aromatic rings. The van der Waals surface area contributed by atoms with Gasteiger partial charge in [0.25, 0.3) is 0 Å². The molecule has 0 spiro atoms. The highest BCUT2D eigenvalue weighted by Crippen LogP contribution is 2.47. The topological polar surface area (TPSA) is 67.9 Å². The molecule has 0 saturated carbocycles. The lowest BCUT2D eigenvalue weighted by molar-refractivity contribution is -0.137. The van der Waals surface area contributed by atoms with Gasteiger partial charge in [0, 0.05) is 18.7 Å². The van der Waals surface area contributed by atoms with E-state index in [-0.39, 0.29) is 22.7 Å². The van der Waals surface area contributed by atoms with E-state index in [1.54, 1.807) is 16.7 Å². The summed E-state index contributed by atoms with van der Waals surface area (Å²) in [6.07, 6.45) is 2.07. The van der Waals surface area contributed by atoms with Crippen LogP contribution >= 0.6 is 11.8 Å². The molecule has 0 radical (unpaired) electrons. The van der Waals surface area contributed by atoms with Crippen molar-refractivity contribution in [2.75, 3.05) is 25.5 Å². The normalized spacial score (nSPS) is 24.0. The van der Waals surface area contributed by atoms with Crippen LogP contribution in [0.4, 0.5) is 0 Å². The summed E-state index contributed by atoms with van der Waals surface area (Å²) in [7, 11) is 0. The Kier molecular flexibility index (Phi) is 6.19. The van der Waals surface area contributed by atoms with Crippen molar-refractivity contribution in [2.45, 2.75) is 50.9 Å². The molecule has 0 bridgehead atoms. The molecule has 2 atom stereocenters. The number of carbonyl (C=O) groups excluding carboxylic acids is 2. The molecule has 1 aromatic carbocycles. The van der Waals surface area contributed by atoms with Crippen molar-refractivity contribution >= 4 is 23.6 Å². The van der Waals surface area contributed by atoms with Crippen molar-refractivity contribution in [1.29, 1.82) is 0 Å². The molecular weight excluding hydrogens is 364 g/mol. The summed E-state index contributed by atoms with van der Waals surface area (Å²) in [5, 5.41) is 3.00. The van der Waals surface area contributed by atoms with Crippen molar-refractivity contribution in [3.63, 3.8) is 0 Å². The average Bonchev–Trinajstić information content (AvgIpc) is 3.13. The maximum atomic E-state index is 12.6. The summed E-state index contributed by atoms with van der Waals surface area (Å²) in [5.41, 5.74) is 1.07. The van der Waals surface area contributed by atoms with Gasteiger partial charge in [0.2, 0.25) is 11.8 Å². The van der Waals surface area contributed by atoms with E-state index in [2.05, 4.69) is 12.2 Å². The Hall–Kier alpha value is -1.89. The number of thioether (sulfide) groups is 1. The molecule has 2 saturated heterocycles. The highest BCUT2D eigenvalue weighted by Gasteiger charge is 2.52. The molecule has 2 fully saturated rings. The minimum Gasteiger partial charge on any atom is -0.490 e. The first kappa shape index (κ1) is 19.9. The molecule has 148 valence electrons. The van der Waals surface area contributed by atoms with Crippen LogP contribution in [-0.2, 0) is 16.0 Å². The first-order chi connectivity index (χ1) is 13.0. The monoisotopic (exact) mass is 392 g/mol. The number of hydrogen-bond acceptors (Lipinski definition) is 5. The van der Waals surface area contributed by atoms with Gasteiger partial charge in [-0.3, -0.25) is 9.59 Å². The van der Waals surface area contributed by atoms with Crippen LogP contribution in [0.5, 0.6) is 11.5 Å². The second kappa shape index (κ2) is 8.42. The Balaban J connectivity index is 1.56. The lowest BCUT2D eigenvalue weighted by Gasteiger charge is -2.29. The molecule has 0 aromatic heterocycles. The molecule has 2 aliphatic heterocycles.